The minimum absolute atomic E-state index is 0.256. The first-order valence-corrected chi connectivity index (χ1v) is 8.96. The van der Waals surface area contributed by atoms with Gasteiger partial charge in [0.05, 0.1) is 6.61 Å². The van der Waals surface area contributed by atoms with Gasteiger partial charge in [-0.1, -0.05) is 34.1 Å². The molecule has 0 aliphatic rings. The molecule has 27 heavy (non-hydrogen) atoms. The van der Waals surface area contributed by atoms with Crippen LogP contribution in [0.3, 0.4) is 0 Å². The number of rotatable bonds is 11. The van der Waals surface area contributed by atoms with Gasteiger partial charge in [-0.2, -0.15) is 0 Å². The monoisotopic (exact) mass is 388 g/mol. The van der Waals surface area contributed by atoms with E-state index in [-0.39, 0.29) is 11.8 Å². The molecule has 0 radical (unpaired) electrons. The third-order valence-corrected chi connectivity index (χ3v) is 4.30. The van der Waals surface area contributed by atoms with Crippen molar-refractivity contribution in [3.63, 3.8) is 0 Å². The lowest BCUT2D eigenvalue weighted by atomic mass is 9.96. The summed E-state index contributed by atoms with van der Waals surface area (Å²) in [5.41, 5.74) is 5.47. The number of nitrogens with two attached hydrogens (primary N) is 1. The second-order valence-corrected chi connectivity index (χ2v) is 6.96. The minimum Gasteiger partial charge on any atom is -0.480 e. The van der Waals surface area contributed by atoms with E-state index in [1.54, 1.807) is 20.8 Å². The van der Waals surface area contributed by atoms with Crippen LogP contribution in [-0.4, -0.2) is 64.7 Å². The Bertz CT molecular complexity index is 540. The molecule has 0 unspecified atom stereocenters. The molecule has 7 N–H and O–H groups in total. The van der Waals surface area contributed by atoms with Crippen LogP contribution >= 0.6 is 0 Å². The number of nitrogens with one attached hydrogen (secondary N) is 3. The number of hydrogen-bond acceptors (Lipinski definition) is 6. The Hall–Kier alpha value is -2.20. The Kier molecular flexibility index (Phi) is 10.6. The van der Waals surface area contributed by atoms with E-state index >= 15 is 0 Å². The highest BCUT2D eigenvalue weighted by molar-refractivity contribution is 5.94. The molecule has 5 atom stereocenters. The van der Waals surface area contributed by atoms with Gasteiger partial charge < -0.3 is 31.9 Å². The molecular formula is C17H32N4O6. The number of aliphatic carboxylic acids is 1. The Morgan fingerprint density at radius 3 is 1.78 bits per heavy atom. The smallest absolute Gasteiger partial charge is 0.325 e. The Morgan fingerprint density at radius 1 is 0.889 bits per heavy atom. The van der Waals surface area contributed by atoms with Gasteiger partial charge in [-0.3, -0.25) is 19.2 Å². The van der Waals surface area contributed by atoms with E-state index in [2.05, 4.69) is 16.0 Å². The lowest BCUT2D eigenvalue weighted by Gasteiger charge is -2.28. The van der Waals surface area contributed by atoms with Crippen LogP contribution < -0.4 is 21.7 Å². The largest absolute Gasteiger partial charge is 0.480 e. The zero-order chi connectivity index (χ0) is 21.3. The van der Waals surface area contributed by atoms with Gasteiger partial charge in [0.2, 0.25) is 17.7 Å². The summed E-state index contributed by atoms with van der Waals surface area (Å²) in [7, 11) is 0. The fourth-order valence-corrected chi connectivity index (χ4v) is 2.19. The second-order valence-electron chi connectivity index (χ2n) is 6.96. The van der Waals surface area contributed by atoms with Gasteiger partial charge >= 0.3 is 5.97 Å². The zero-order valence-corrected chi connectivity index (χ0v) is 16.5. The molecule has 0 bridgehead atoms. The SMILES string of the molecule is CC[C@H](C)[C@H](NC(=O)[C@@H](N)CO)C(=O)N[C@H](C(=O)N[C@@H](C)C(=O)O)C(C)C. The predicted octanol–water partition coefficient (Wildman–Crippen LogP) is -1.43. The molecule has 0 aromatic heterocycles. The number of carbonyl (C=O) groups is 4. The molecule has 0 saturated carbocycles. The Labute approximate surface area is 159 Å². The van der Waals surface area contributed by atoms with Crippen molar-refractivity contribution < 1.29 is 29.4 Å². The van der Waals surface area contributed by atoms with Gasteiger partial charge in [0, 0.05) is 0 Å². The maximum absolute atomic E-state index is 12.7. The highest BCUT2D eigenvalue weighted by Gasteiger charge is 2.32. The van der Waals surface area contributed by atoms with Crippen molar-refractivity contribution in [3.8, 4) is 0 Å². The molecule has 0 aromatic carbocycles. The molecule has 0 saturated heterocycles. The van der Waals surface area contributed by atoms with Crippen LogP contribution in [0.1, 0.15) is 41.0 Å². The molecule has 0 spiro atoms. The molecule has 0 fully saturated rings. The lowest BCUT2D eigenvalue weighted by Crippen LogP contribution is -2.59. The molecule has 0 aliphatic heterocycles. The number of aliphatic hydroxyl groups excluding tert-OH is 1. The molecule has 0 heterocycles. The van der Waals surface area contributed by atoms with Crippen LogP contribution in [0.5, 0.6) is 0 Å². The molecular weight excluding hydrogens is 356 g/mol. The summed E-state index contributed by atoms with van der Waals surface area (Å²) in [5.74, 6) is -3.66. The number of hydrogen-bond donors (Lipinski definition) is 6. The fraction of sp³-hybridized carbons (Fsp3) is 0.765. The van der Waals surface area contributed by atoms with Crippen LogP contribution in [0.4, 0.5) is 0 Å². The van der Waals surface area contributed by atoms with Crippen LogP contribution in [0.2, 0.25) is 0 Å². The summed E-state index contributed by atoms with van der Waals surface area (Å²) < 4.78 is 0. The number of amides is 3. The number of carboxylic acid groups (broad SMARTS) is 1. The first-order chi connectivity index (χ1) is 12.5. The molecule has 10 heteroatoms. The quantitative estimate of drug-likeness (QED) is 0.252. The number of aliphatic hydroxyl groups is 1. The molecule has 0 aliphatic carbocycles. The maximum atomic E-state index is 12.7. The highest BCUT2D eigenvalue weighted by Crippen LogP contribution is 2.10. The highest BCUT2D eigenvalue weighted by atomic mass is 16.4. The summed E-state index contributed by atoms with van der Waals surface area (Å²) in [4.78, 5) is 47.9. The van der Waals surface area contributed by atoms with E-state index in [9.17, 15) is 19.2 Å². The Balaban J connectivity index is 5.30. The van der Waals surface area contributed by atoms with Gasteiger partial charge in [0.15, 0.2) is 0 Å². The minimum atomic E-state index is -1.19. The first-order valence-electron chi connectivity index (χ1n) is 8.96. The zero-order valence-electron chi connectivity index (χ0n) is 16.5. The fourth-order valence-electron chi connectivity index (χ4n) is 2.19. The van der Waals surface area contributed by atoms with Crippen molar-refractivity contribution in [3.05, 3.63) is 0 Å². The summed E-state index contributed by atoms with van der Waals surface area (Å²) in [5, 5.41) is 25.3. The van der Waals surface area contributed by atoms with Crippen molar-refractivity contribution in [1.82, 2.24) is 16.0 Å². The van der Waals surface area contributed by atoms with Crippen LogP contribution in [0, 0.1) is 11.8 Å². The third kappa shape index (κ3) is 7.92. The van der Waals surface area contributed by atoms with Crippen LogP contribution in [0.15, 0.2) is 0 Å². The summed E-state index contributed by atoms with van der Waals surface area (Å²) in [6.45, 7) is 7.75. The normalized spacial score (nSPS) is 16.6. The van der Waals surface area contributed by atoms with Crippen molar-refractivity contribution in [2.45, 2.75) is 65.2 Å². The molecule has 10 nitrogen and oxygen atoms in total. The van der Waals surface area contributed by atoms with Gasteiger partial charge in [-0.05, 0) is 18.8 Å². The summed E-state index contributed by atoms with van der Waals surface area (Å²) >= 11 is 0. The number of carboxylic acids is 1. The average molecular weight is 388 g/mol. The topological polar surface area (TPSA) is 171 Å². The van der Waals surface area contributed by atoms with Gasteiger partial charge in [0.25, 0.3) is 0 Å². The van der Waals surface area contributed by atoms with Gasteiger partial charge in [0.1, 0.15) is 24.2 Å². The lowest BCUT2D eigenvalue weighted by molar-refractivity contribution is -0.142. The van der Waals surface area contributed by atoms with Crippen molar-refractivity contribution >= 4 is 23.7 Å². The van der Waals surface area contributed by atoms with E-state index in [1.807, 2.05) is 6.92 Å². The Morgan fingerprint density at radius 2 is 1.37 bits per heavy atom. The standard InChI is InChI=1S/C17H32N4O6/c1-6-9(4)13(21-14(23)11(18)7-22)16(25)20-12(8(2)3)15(24)19-10(5)17(26)27/h8-13,22H,6-7,18H2,1-5H3,(H,19,24)(H,20,25)(H,21,23)(H,26,27)/t9-,10-,11-,12-,13-/m0/s1. The van der Waals surface area contributed by atoms with E-state index < -0.39 is 54.5 Å². The van der Waals surface area contributed by atoms with E-state index in [1.165, 1.54) is 6.92 Å². The summed E-state index contributed by atoms with van der Waals surface area (Å²) in [6.07, 6.45) is 0.571. The maximum Gasteiger partial charge on any atom is 0.325 e. The average Bonchev–Trinajstić information content (AvgIpc) is 2.61. The third-order valence-electron chi connectivity index (χ3n) is 4.30. The van der Waals surface area contributed by atoms with Gasteiger partial charge in [-0.25, -0.2) is 0 Å². The molecule has 0 rings (SSSR count). The van der Waals surface area contributed by atoms with Crippen molar-refractivity contribution in [2.75, 3.05) is 6.61 Å². The second kappa shape index (κ2) is 11.5. The van der Waals surface area contributed by atoms with E-state index in [4.69, 9.17) is 15.9 Å². The van der Waals surface area contributed by atoms with Crippen molar-refractivity contribution in [1.29, 1.82) is 0 Å². The van der Waals surface area contributed by atoms with Crippen LogP contribution in [0.25, 0.3) is 0 Å². The van der Waals surface area contributed by atoms with Crippen molar-refractivity contribution in [2.24, 2.45) is 17.6 Å². The van der Waals surface area contributed by atoms with E-state index in [0.717, 1.165) is 0 Å². The molecule has 3 amide bonds. The molecule has 156 valence electrons. The number of carbonyl (C=O) groups excluding carboxylic acids is 3. The van der Waals surface area contributed by atoms with E-state index in [0.29, 0.717) is 6.42 Å². The molecule has 0 aromatic rings. The summed E-state index contributed by atoms with van der Waals surface area (Å²) in [6, 6.07) is -4.20. The van der Waals surface area contributed by atoms with Crippen LogP contribution in [-0.2, 0) is 19.2 Å². The van der Waals surface area contributed by atoms with Gasteiger partial charge in [-0.15, -0.1) is 0 Å². The predicted molar refractivity (Wildman–Crippen MR) is 98.5 cm³/mol. The first kappa shape index (κ1) is 24.8.